The molecule has 0 aliphatic rings. The van der Waals surface area contributed by atoms with E-state index in [0.29, 0.717) is 0 Å². The minimum absolute atomic E-state index is 0.212. The van der Waals surface area contributed by atoms with Gasteiger partial charge in [-0.05, 0) is 16.5 Å². The van der Waals surface area contributed by atoms with Gasteiger partial charge in [-0.2, -0.15) is 5.10 Å². The summed E-state index contributed by atoms with van der Waals surface area (Å²) in [5.74, 6) is 0. The van der Waals surface area contributed by atoms with E-state index in [2.05, 4.69) is 55.2 Å². The third-order valence-electron chi connectivity index (χ3n) is 2.89. The first-order valence-electron chi connectivity index (χ1n) is 5.60. The highest BCUT2D eigenvalue weighted by Crippen LogP contribution is 2.24. The molecule has 1 N–H and O–H groups in total. The van der Waals surface area contributed by atoms with Crippen molar-refractivity contribution in [3.63, 3.8) is 0 Å². The van der Waals surface area contributed by atoms with Crippen LogP contribution in [-0.4, -0.2) is 18.0 Å². The maximum absolute atomic E-state index is 4.14. The van der Waals surface area contributed by atoms with Crippen molar-refractivity contribution in [2.45, 2.75) is 26.2 Å². The number of nitrogens with zero attached hydrogens (tertiary/aromatic N) is 1. The molecule has 0 spiro atoms. The highest BCUT2D eigenvalue weighted by Gasteiger charge is 2.13. The average Bonchev–Trinajstić information content (AvgIpc) is 2.63. The normalized spacial score (nSPS) is 11.7. The summed E-state index contributed by atoms with van der Waals surface area (Å²) < 4.78 is 0. The molecule has 0 saturated heterocycles. The number of rotatable bonds is 1. The number of hydrogen-bond donors (Lipinski definition) is 1. The number of aromatic nitrogens is 2. The molecule has 0 saturated carbocycles. The van der Waals surface area contributed by atoms with Gasteiger partial charge in [-0.1, -0.05) is 45.0 Å². The molecule has 82 valence electrons. The summed E-state index contributed by atoms with van der Waals surface area (Å²) in [6, 6.07) is 8.72. The highest BCUT2D eigenvalue weighted by atomic mass is 15.1. The van der Waals surface area contributed by atoms with Gasteiger partial charge in [-0.25, -0.2) is 0 Å². The van der Waals surface area contributed by atoms with Gasteiger partial charge in [-0.3, -0.25) is 5.10 Å². The maximum Gasteiger partial charge on any atom is 0.167 e. The van der Waals surface area contributed by atoms with Gasteiger partial charge in [0.2, 0.25) is 0 Å². The van der Waals surface area contributed by atoms with E-state index in [1.165, 1.54) is 16.7 Å². The molecule has 0 radical (unpaired) electrons. The molecule has 0 atom stereocenters. The summed E-state index contributed by atoms with van der Waals surface area (Å²) in [7, 11) is 2.02. The summed E-state index contributed by atoms with van der Waals surface area (Å²) in [6.45, 7) is 6.68. The van der Waals surface area contributed by atoms with E-state index in [1.54, 1.807) is 0 Å². The predicted octanol–water partition coefficient (Wildman–Crippen LogP) is 1.63. The average molecular weight is 212 g/mol. The summed E-state index contributed by atoms with van der Waals surface area (Å²) >= 11 is 0. The molecule has 0 aliphatic heterocycles. The summed E-state index contributed by atoms with van der Waals surface area (Å²) in [5.41, 5.74) is 5.02. The Hall–Kier alpha value is -1.51. The number of hydrogen-bond acceptors (Lipinski definition) is 1. The molecule has 2 nitrogen and oxygen atoms in total. The van der Waals surface area contributed by atoms with Crippen LogP contribution in [0, 0.1) is 0 Å². The molecule has 0 aliphatic carbocycles. The first-order chi connectivity index (χ1) is 7.48. The number of nitrogens with one attached hydrogen (secondary N) is 1. The van der Waals surface area contributed by atoms with Crippen LogP contribution in [0.3, 0.4) is 0 Å². The second-order valence-corrected chi connectivity index (χ2v) is 5.21. The Morgan fingerprint density at radius 2 is 1.75 bits per heavy atom. The first kappa shape index (κ1) is 11.0. The van der Waals surface area contributed by atoms with E-state index >= 15 is 0 Å². The molecule has 0 fully saturated rings. The Morgan fingerprint density at radius 3 is 2.19 bits per heavy atom. The van der Waals surface area contributed by atoms with Crippen molar-refractivity contribution in [3.05, 3.63) is 36.0 Å². The Balaban J connectivity index is 2.37. The second kappa shape index (κ2) is 3.82. The monoisotopic (exact) mass is 212 g/mol. The van der Waals surface area contributed by atoms with Crippen molar-refractivity contribution in [1.29, 1.82) is 0 Å². The van der Waals surface area contributed by atoms with Crippen LogP contribution >= 0.6 is 0 Å². The maximum atomic E-state index is 4.14. The zero-order chi connectivity index (χ0) is 11.8. The van der Waals surface area contributed by atoms with Gasteiger partial charge >= 0.3 is 0 Å². The smallest absolute Gasteiger partial charge is 0.167 e. The Bertz CT molecular complexity index is 477. The predicted molar refractivity (Wildman–Crippen MR) is 70.9 cm³/mol. The lowest BCUT2D eigenvalue weighted by atomic mass is 9.85. The molecular formula is C13H17BN2. The Morgan fingerprint density at radius 1 is 1.12 bits per heavy atom. The fraction of sp³-hybridized carbons (Fsp3) is 0.308. The summed E-state index contributed by atoms with van der Waals surface area (Å²) in [5, 5.41) is 7.03. The number of H-pyrrole nitrogens is 1. The van der Waals surface area contributed by atoms with E-state index in [4.69, 9.17) is 0 Å². The zero-order valence-electron chi connectivity index (χ0n) is 10.3. The molecule has 0 amide bonds. The van der Waals surface area contributed by atoms with Crippen LogP contribution in [-0.2, 0) is 5.41 Å². The van der Waals surface area contributed by atoms with Gasteiger partial charge in [0.05, 0.1) is 0 Å². The zero-order valence-corrected chi connectivity index (χ0v) is 10.3. The standard InChI is InChI=1S/C13H17BN2/c1-13(2,3)10-6-4-9(5-7-10)11-8-15-16-12(11)14/h4-8H,14H2,1-3H3,(H,15,16). The number of benzene rings is 1. The lowest BCUT2D eigenvalue weighted by Gasteiger charge is -2.19. The number of aromatic amines is 1. The van der Waals surface area contributed by atoms with E-state index in [0.717, 1.165) is 5.59 Å². The topological polar surface area (TPSA) is 28.7 Å². The van der Waals surface area contributed by atoms with Crippen LogP contribution in [0.15, 0.2) is 30.5 Å². The summed E-state index contributed by atoms with van der Waals surface area (Å²) in [4.78, 5) is 0. The van der Waals surface area contributed by atoms with Gasteiger partial charge in [0.15, 0.2) is 7.85 Å². The summed E-state index contributed by atoms with van der Waals surface area (Å²) in [6.07, 6.45) is 1.95. The van der Waals surface area contributed by atoms with E-state index < -0.39 is 0 Å². The van der Waals surface area contributed by atoms with Crippen molar-refractivity contribution < 1.29 is 0 Å². The van der Waals surface area contributed by atoms with Crippen LogP contribution in [0.5, 0.6) is 0 Å². The van der Waals surface area contributed by atoms with E-state index in [1.807, 2.05) is 14.0 Å². The molecule has 1 heterocycles. The Labute approximate surface area is 97.5 Å². The van der Waals surface area contributed by atoms with Gasteiger partial charge < -0.3 is 0 Å². The van der Waals surface area contributed by atoms with Gasteiger partial charge in [0.25, 0.3) is 0 Å². The largest absolute Gasteiger partial charge is 0.286 e. The van der Waals surface area contributed by atoms with E-state index in [-0.39, 0.29) is 5.41 Å². The fourth-order valence-corrected chi connectivity index (χ4v) is 1.80. The van der Waals surface area contributed by atoms with Gasteiger partial charge in [-0.15, -0.1) is 0 Å². The Kier molecular flexibility index (Phi) is 2.62. The minimum Gasteiger partial charge on any atom is -0.286 e. The molecule has 1 aromatic heterocycles. The van der Waals surface area contributed by atoms with Crippen molar-refractivity contribution in [3.8, 4) is 11.1 Å². The third kappa shape index (κ3) is 2.03. The van der Waals surface area contributed by atoms with Crippen LogP contribution in [0.25, 0.3) is 11.1 Å². The highest BCUT2D eigenvalue weighted by molar-refractivity contribution is 6.34. The lowest BCUT2D eigenvalue weighted by Crippen LogP contribution is -2.11. The van der Waals surface area contributed by atoms with Crippen LogP contribution in [0.2, 0.25) is 0 Å². The molecule has 1 aromatic carbocycles. The van der Waals surface area contributed by atoms with Crippen molar-refractivity contribution in [2.75, 3.05) is 0 Å². The molecular weight excluding hydrogens is 195 g/mol. The molecule has 2 rings (SSSR count). The van der Waals surface area contributed by atoms with Crippen LogP contribution in [0.1, 0.15) is 26.3 Å². The minimum atomic E-state index is 0.212. The first-order valence-corrected chi connectivity index (χ1v) is 5.60. The van der Waals surface area contributed by atoms with E-state index in [9.17, 15) is 0 Å². The van der Waals surface area contributed by atoms with Gasteiger partial charge in [0, 0.05) is 17.4 Å². The van der Waals surface area contributed by atoms with Crippen LogP contribution < -0.4 is 5.59 Å². The van der Waals surface area contributed by atoms with Crippen LogP contribution in [0.4, 0.5) is 0 Å². The lowest BCUT2D eigenvalue weighted by molar-refractivity contribution is 0.590. The van der Waals surface area contributed by atoms with Crippen molar-refractivity contribution in [1.82, 2.24) is 10.2 Å². The van der Waals surface area contributed by atoms with Crippen molar-refractivity contribution in [2.24, 2.45) is 0 Å². The molecule has 2 aromatic rings. The van der Waals surface area contributed by atoms with Crippen molar-refractivity contribution >= 4 is 13.4 Å². The fourth-order valence-electron chi connectivity index (χ4n) is 1.80. The second-order valence-electron chi connectivity index (χ2n) is 5.21. The molecule has 16 heavy (non-hydrogen) atoms. The van der Waals surface area contributed by atoms with Gasteiger partial charge in [0.1, 0.15) is 0 Å². The molecule has 3 heteroatoms. The SMILES string of the molecule is Bc1n[nH]cc1-c1ccc(C(C)(C)C)cc1. The molecule has 0 bridgehead atoms. The molecule has 0 unspecified atom stereocenters. The third-order valence-corrected chi connectivity index (χ3v) is 2.89. The quantitative estimate of drug-likeness (QED) is 0.715.